The molecular formula is C12H19NO3. The predicted molar refractivity (Wildman–Crippen MR) is 61.8 cm³/mol. The standard InChI is InChI=1S/C12H19NO3/c1-14-6-7-16-13-9-11-4-3-5-12(8-11)10-15-2/h3-5,8,13H,6-7,9-10H2,1-2H3. The SMILES string of the molecule is COCCONCc1cccc(COC)c1. The van der Waals surface area contributed by atoms with Gasteiger partial charge in [-0.05, 0) is 11.1 Å². The van der Waals surface area contributed by atoms with E-state index in [1.807, 2.05) is 18.2 Å². The third kappa shape index (κ3) is 5.23. The second-order valence-corrected chi connectivity index (χ2v) is 3.42. The van der Waals surface area contributed by atoms with E-state index in [0.29, 0.717) is 26.4 Å². The van der Waals surface area contributed by atoms with E-state index in [9.17, 15) is 0 Å². The Kier molecular flexibility index (Phi) is 6.76. The first-order valence-corrected chi connectivity index (χ1v) is 5.27. The van der Waals surface area contributed by atoms with E-state index in [4.69, 9.17) is 14.3 Å². The van der Waals surface area contributed by atoms with Crippen molar-refractivity contribution in [1.82, 2.24) is 5.48 Å². The molecular weight excluding hydrogens is 206 g/mol. The number of methoxy groups -OCH3 is 2. The van der Waals surface area contributed by atoms with Crippen molar-refractivity contribution in [3.8, 4) is 0 Å². The lowest BCUT2D eigenvalue weighted by Gasteiger charge is -2.07. The first kappa shape index (κ1) is 13.1. The van der Waals surface area contributed by atoms with Gasteiger partial charge in [0.25, 0.3) is 0 Å². The molecule has 0 fully saturated rings. The molecule has 4 heteroatoms. The zero-order valence-electron chi connectivity index (χ0n) is 9.86. The fourth-order valence-corrected chi connectivity index (χ4v) is 1.33. The van der Waals surface area contributed by atoms with Gasteiger partial charge in [-0.2, -0.15) is 5.48 Å². The van der Waals surface area contributed by atoms with Crippen molar-refractivity contribution in [3.05, 3.63) is 35.4 Å². The molecule has 16 heavy (non-hydrogen) atoms. The molecule has 0 spiro atoms. The predicted octanol–water partition coefficient (Wildman–Crippen LogP) is 1.50. The molecule has 4 nitrogen and oxygen atoms in total. The molecule has 0 amide bonds. The summed E-state index contributed by atoms with van der Waals surface area (Å²) in [6.45, 7) is 2.46. The van der Waals surface area contributed by atoms with Gasteiger partial charge in [-0.25, -0.2) is 0 Å². The molecule has 0 bridgehead atoms. The van der Waals surface area contributed by atoms with E-state index in [1.54, 1.807) is 14.2 Å². The molecule has 0 unspecified atom stereocenters. The second kappa shape index (κ2) is 8.24. The maximum absolute atomic E-state index is 5.17. The van der Waals surface area contributed by atoms with Crippen molar-refractivity contribution in [2.75, 3.05) is 27.4 Å². The number of nitrogens with one attached hydrogen (secondary N) is 1. The number of hydrogen-bond donors (Lipinski definition) is 1. The molecule has 0 saturated heterocycles. The van der Waals surface area contributed by atoms with Crippen molar-refractivity contribution >= 4 is 0 Å². The van der Waals surface area contributed by atoms with Gasteiger partial charge >= 0.3 is 0 Å². The van der Waals surface area contributed by atoms with E-state index in [0.717, 1.165) is 0 Å². The van der Waals surface area contributed by atoms with Crippen LogP contribution in [0.2, 0.25) is 0 Å². The molecule has 0 aliphatic rings. The quantitative estimate of drug-likeness (QED) is 0.537. The number of hydroxylamine groups is 1. The highest BCUT2D eigenvalue weighted by molar-refractivity contribution is 5.22. The van der Waals surface area contributed by atoms with Crippen LogP contribution >= 0.6 is 0 Å². The Labute approximate surface area is 96.5 Å². The molecule has 1 aromatic carbocycles. The van der Waals surface area contributed by atoms with Gasteiger partial charge in [0.2, 0.25) is 0 Å². The van der Waals surface area contributed by atoms with Crippen LogP contribution in [0.25, 0.3) is 0 Å². The Morgan fingerprint density at radius 1 is 1.06 bits per heavy atom. The maximum atomic E-state index is 5.17. The highest BCUT2D eigenvalue weighted by Crippen LogP contribution is 2.05. The highest BCUT2D eigenvalue weighted by Gasteiger charge is 1.95. The lowest BCUT2D eigenvalue weighted by Crippen LogP contribution is -2.17. The van der Waals surface area contributed by atoms with E-state index in [1.165, 1.54) is 11.1 Å². The van der Waals surface area contributed by atoms with Gasteiger partial charge in [0.05, 0.1) is 19.8 Å². The minimum atomic E-state index is 0.550. The van der Waals surface area contributed by atoms with Gasteiger partial charge in [-0.1, -0.05) is 24.3 Å². The first-order chi connectivity index (χ1) is 7.86. The van der Waals surface area contributed by atoms with E-state index in [-0.39, 0.29) is 0 Å². The first-order valence-electron chi connectivity index (χ1n) is 5.27. The van der Waals surface area contributed by atoms with Gasteiger partial charge < -0.3 is 9.47 Å². The highest BCUT2D eigenvalue weighted by atomic mass is 16.7. The molecule has 0 radical (unpaired) electrons. The van der Waals surface area contributed by atoms with Crippen LogP contribution in [0.5, 0.6) is 0 Å². The summed E-state index contributed by atoms with van der Waals surface area (Å²) in [6, 6.07) is 8.20. The van der Waals surface area contributed by atoms with E-state index >= 15 is 0 Å². The molecule has 1 N–H and O–H groups in total. The average molecular weight is 225 g/mol. The molecule has 1 rings (SSSR count). The lowest BCUT2D eigenvalue weighted by atomic mass is 10.1. The van der Waals surface area contributed by atoms with Crippen LogP contribution in [0.4, 0.5) is 0 Å². The van der Waals surface area contributed by atoms with Crippen molar-refractivity contribution in [3.63, 3.8) is 0 Å². The van der Waals surface area contributed by atoms with Crippen LogP contribution in [0.15, 0.2) is 24.3 Å². The molecule has 0 atom stereocenters. The summed E-state index contributed by atoms with van der Waals surface area (Å²) in [5.41, 5.74) is 5.22. The zero-order valence-corrected chi connectivity index (χ0v) is 9.86. The van der Waals surface area contributed by atoms with Crippen LogP contribution in [0, 0.1) is 0 Å². The molecule has 0 aromatic heterocycles. The molecule has 0 aliphatic carbocycles. The Bertz CT molecular complexity index is 291. The van der Waals surface area contributed by atoms with Crippen LogP contribution in [0.1, 0.15) is 11.1 Å². The Morgan fingerprint density at radius 2 is 1.88 bits per heavy atom. The molecule has 0 saturated carbocycles. The van der Waals surface area contributed by atoms with Gasteiger partial charge in [0.15, 0.2) is 0 Å². The maximum Gasteiger partial charge on any atom is 0.0916 e. The Hall–Kier alpha value is -0.940. The fourth-order valence-electron chi connectivity index (χ4n) is 1.33. The fraction of sp³-hybridized carbons (Fsp3) is 0.500. The summed E-state index contributed by atoms with van der Waals surface area (Å²) >= 11 is 0. The van der Waals surface area contributed by atoms with Gasteiger partial charge in [-0.3, -0.25) is 4.84 Å². The molecule has 0 aliphatic heterocycles. The van der Waals surface area contributed by atoms with Crippen LogP contribution in [-0.2, 0) is 27.5 Å². The van der Waals surface area contributed by atoms with Crippen molar-refractivity contribution in [2.24, 2.45) is 0 Å². The third-order valence-electron chi connectivity index (χ3n) is 2.07. The summed E-state index contributed by atoms with van der Waals surface area (Å²) in [5.74, 6) is 0. The summed E-state index contributed by atoms with van der Waals surface area (Å²) in [7, 11) is 3.34. The Morgan fingerprint density at radius 3 is 2.62 bits per heavy atom. The number of ether oxygens (including phenoxy) is 2. The summed E-state index contributed by atoms with van der Waals surface area (Å²) < 4.78 is 9.94. The average Bonchev–Trinajstić information content (AvgIpc) is 2.30. The minimum Gasteiger partial charge on any atom is -0.382 e. The number of hydrogen-bond acceptors (Lipinski definition) is 4. The smallest absolute Gasteiger partial charge is 0.0916 e. The van der Waals surface area contributed by atoms with Crippen LogP contribution in [-0.4, -0.2) is 27.4 Å². The lowest BCUT2D eigenvalue weighted by molar-refractivity contribution is 0.00344. The molecule has 0 heterocycles. The van der Waals surface area contributed by atoms with Gasteiger partial charge in [0, 0.05) is 20.8 Å². The minimum absolute atomic E-state index is 0.550. The summed E-state index contributed by atoms with van der Waals surface area (Å²) in [4.78, 5) is 5.17. The summed E-state index contributed by atoms with van der Waals surface area (Å²) in [6.07, 6.45) is 0. The van der Waals surface area contributed by atoms with Crippen LogP contribution < -0.4 is 5.48 Å². The van der Waals surface area contributed by atoms with Gasteiger partial charge in [0.1, 0.15) is 0 Å². The van der Waals surface area contributed by atoms with Crippen molar-refractivity contribution < 1.29 is 14.3 Å². The number of rotatable bonds is 8. The second-order valence-electron chi connectivity index (χ2n) is 3.42. The Balaban J connectivity index is 2.27. The van der Waals surface area contributed by atoms with E-state index < -0.39 is 0 Å². The number of benzene rings is 1. The van der Waals surface area contributed by atoms with Crippen LogP contribution in [0.3, 0.4) is 0 Å². The zero-order chi connectivity index (χ0) is 11.6. The van der Waals surface area contributed by atoms with Crippen molar-refractivity contribution in [2.45, 2.75) is 13.2 Å². The topological polar surface area (TPSA) is 39.7 Å². The van der Waals surface area contributed by atoms with Gasteiger partial charge in [-0.15, -0.1) is 0 Å². The monoisotopic (exact) mass is 225 g/mol. The third-order valence-corrected chi connectivity index (χ3v) is 2.07. The molecule has 90 valence electrons. The van der Waals surface area contributed by atoms with E-state index in [2.05, 4.69) is 11.5 Å². The summed E-state index contributed by atoms with van der Waals surface area (Å²) in [5, 5.41) is 0. The van der Waals surface area contributed by atoms with Crippen molar-refractivity contribution in [1.29, 1.82) is 0 Å². The normalized spacial score (nSPS) is 10.6. The largest absolute Gasteiger partial charge is 0.382 e. The molecule has 1 aromatic rings.